The molecule has 2 aromatic heterocycles. The molecular weight excluding hydrogens is 326 g/mol. The average Bonchev–Trinajstić information content (AvgIpc) is 2.71. The Balaban J connectivity index is 1.56. The Morgan fingerprint density at radius 1 is 0.962 bits per heavy atom. The van der Waals surface area contributed by atoms with Gasteiger partial charge >= 0.3 is 0 Å². The molecule has 3 rings (SSSR count). The van der Waals surface area contributed by atoms with Crippen molar-refractivity contribution in [2.75, 3.05) is 0 Å². The van der Waals surface area contributed by atoms with Crippen molar-refractivity contribution in [3.05, 3.63) is 96.0 Å². The molecule has 1 amide bonds. The molecule has 0 aliphatic carbocycles. The number of hydrogen-bond donors (Lipinski definition) is 1. The molecule has 1 N–H and O–H groups in total. The fourth-order valence-corrected chi connectivity index (χ4v) is 2.29. The first-order valence-electron chi connectivity index (χ1n) is 8.29. The van der Waals surface area contributed by atoms with Crippen LogP contribution in [0.2, 0.25) is 0 Å². The lowest BCUT2D eigenvalue weighted by Crippen LogP contribution is -2.20. The van der Waals surface area contributed by atoms with Crippen LogP contribution in [0.3, 0.4) is 0 Å². The Morgan fingerprint density at radius 2 is 1.77 bits per heavy atom. The molecule has 0 aliphatic rings. The van der Waals surface area contributed by atoms with Gasteiger partial charge in [-0.25, -0.2) is 4.98 Å². The van der Waals surface area contributed by atoms with E-state index in [0.717, 1.165) is 16.8 Å². The van der Waals surface area contributed by atoms with E-state index in [2.05, 4.69) is 15.3 Å². The lowest BCUT2D eigenvalue weighted by molar-refractivity contribution is -0.116. The van der Waals surface area contributed by atoms with Gasteiger partial charge in [-0.2, -0.15) is 0 Å². The summed E-state index contributed by atoms with van der Waals surface area (Å²) in [6.45, 7) is 0.766. The molecule has 5 nitrogen and oxygen atoms in total. The SMILES string of the molecule is O=C(/C=C/c1ccccn1)NCc1cccnc1OCc1ccccc1. The number of carbonyl (C=O) groups is 1. The van der Waals surface area contributed by atoms with Gasteiger partial charge in [-0.15, -0.1) is 0 Å². The van der Waals surface area contributed by atoms with Gasteiger partial charge in [0, 0.05) is 30.6 Å². The molecule has 3 aromatic rings. The molecular formula is C21H19N3O2. The molecule has 0 saturated carbocycles. The molecule has 26 heavy (non-hydrogen) atoms. The summed E-state index contributed by atoms with van der Waals surface area (Å²) in [5.41, 5.74) is 2.62. The summed E-state index contributed by atoms with van der Waals surface area (Å²) in [4.78, 5) is 20.4. The molecule has 2 heterocycles. The van der Waals surface area contributed by atoms with E-state index in [9.17, 15) is 4.79 Å². The zero-order chi connectivity index (χ0) is 18.0. The van der Waals surface area contributed by atoms with Gasteiger partial charge in [0.2, 0.25) is 11.8 Å². The Morgan fingerprint density at radius 3 is 2.58 bits per heavy atom. The molecule has 0 radical (unpaired) electrons. The van der Waals surface area contributed by atoms with Crippen molar-refractivity contribution >= 4 is 12.0 Å². The van der Waals surface area contributed by atoms with Crippen LogP contribution in [-0.4, -0.2) is 15.9 Å². The fraction of sp³-hybridized carbons (Fsp3) is 0.0952. The topological polar surface area (TPSA) is 64.1 Å². The first kappa shape index (κ1) is 17.4. The molecule has 0 spiro atoms. The van der Waals surface area contributed by atoms with E-state index in [1.165, 1.54) is 6.08 Å². The predicted molar refractivity (Wildman–Crippen MR) is 100 cm³/mol. The van der Waals surface area contributed by atoms with Crippen molar-refractivity contribution in [1.82, 2.24) is 15.3 Å². The number of aromatic nitrogens is 2. The van der Waals surface area contributed by atoms with Crippen LogP contribution in [0.5, 0.6) is 5.88 Å². The molecule has 0 fully saturated rings. The summed E-state index contributed by atoms with van der Waals surface area (Å²) in [6, 6.07) is 19.1. The number of carbonyl (C=O) groups excluding carboxylic acids is 1. The second-order valence-electron chi connectivity index (χ2n) is 5.55. The van der Waals surface area contributed by atoms with Gasteiger partial charge in [0.25, 0.3) is 0 Å². The van der Waals surface area contributed by atoms with E-state index < -0.39 is 0 Å². The molecule has 0 unspecified atom stereocenters. The minimum absolute atomic E-state index is 0.200. The standard InChI is InChI=1S/C21H19N3O2/c25-20(12-11-19-10-4-5-13-22-19)24-15-18-9-6-14-23-21(18)26-16-17-7-2-1-3-8-17/h1-14H,15-16H2,(H,24,25)/b12-11+. The van der Waals surface area contributed by atoms with E-state index in [-0.39, 0.29) is 5.91 Å². The average molecular weight is 345 g/mol. The predicted octanol–water partition coefficient (Wildman–Crippen LogP) is 3.39. The quantitative estimate of drug-likeness (QED) is 0.667. The van der Waals surface area contributed by atoms with Gasteiger partial charge in [0.15, 0.2) is 0 Å². The molecule has 0 aliphatic heterocycles. The van der Waals surface area contributed by atoms with Gasteiger partial charge in [-0.3, -0.25) is 9.78 Å². The number of rotatable bonds is 7. The van der Waals surface area contributed by atoms with Crippen molar-refractivity contribution in [2.24, 2.45) is 0 Å². The van der Waals surface area contributed by atoms with E-state index >= 15 is 0 Å². The smallest absolute Gasteiger partial charge is 0.244 e. The van der Waals surface area contributed by atoms with Gasteiger partial charge in [0.05, 0.1) is 5.69 Å². The van der Waals surface area contributed by atoms with Crippen LogP contribution in [0.15, 0.2) is 79.1 Å². The largest absolute Gasteiger partial charge is 0.473 e. The number of pyridine rings is 2. The van der Waals surface area contributed by atoms with Crippen LogP contribution in [0.1, 0.15) is 16.8 Å². The zero-order valence-electron chi connectivity index (χ0n) is 14.2. The maximum Gasteiger partial charge on any atom is 0.244 e. The summed E-state index contributed by atoms with van der Waals surface area (Å²) in [5.74, 6) is 0.318. The minimum Gasteiger partial charge on any atom is -0.473 e. The fourth-order valence-electron chi connectivity index (χ4n) is 2.29. The lowest BCUT2D eigenvalue weighted by Gasteiger charge is -2.10. The van der Waals surface area contributed by atoms with E-state index in [4.69, 9.17) is 4.74 Å². The maximum atomic E-state index is 12.0. The number of benzene rings is 1. The highest BCUT2D eigenvalue weighted by Gasteiger charge is 2.06. The van der Waals surface area contributed by atoms with Crippen molar-refractivity contribution < 1.29 is 9.53 Å². The number of ether oxygens (including phenoxy) is 1. The van der Waals surface area contributed by atoms with Gasteiger partial charge in [-0.1, -0.05) is 42.5 Å². The highest BCUT2D eigenvalue weighted by atomic mass is 16.5. The number of hydrogen-bond acceptors (Lipinski definition) is 4. The summed E-state index contributed by atoms with van der Waals surface area (Å²) < 4.78 is 5.79. The highest BCUT2D eigenvalue weighted by Crippen LogP contribution is 2.16. The van der Waals surface area contributed by atoms with Gasteiger partial charge < -0.3 is 10.1 Å². The molecule has 0 atom stereocenters. The third-order valence-corrected chi connectivity index (χ3v) is 3.61. The normalized spacial score (nSPS) is 10.6. The number of nitrogens with one attached hydrogen (secondary N) is 1. The van der Waals surface area contributed by atoms with Crippen molar-refractivity contribution in [2.45, 2.75) is 13.2 Å². The second-order valence-corrected chi connectivity index (χ2v) is 5.55. The third kappa shape index (κ3) is 5.27. The Labute approximate surface area is 152 Å². The van der Waals surface area contributed by atoms with Gasteiger partial charge in [0.1, 0.15) is 6.61 Å². The monoisotopic (exact) mass is 345 g/mol. The molecule has 1 aromatic carbocycles. The summed E-state index contributed by atoms with van der Waals surface area (Å²) >= 11 is 0. The Kier molecular flexibility index (Phi) is 6.09. The zero-order valence-corrected chi connectivity index (χ0v) is 14.2. The van der Waals surface area contributed by atoms with E-state index in [0.29, 0.717) is 19.0 Å². The van der Waals surface area contributed by atoms with Crippen molar-refractivity contribution in [3.8, 4) is 5.88 Å². The highest BCUT2D eigenvalue weighted by molar-refractivity contribution is 5.91. The van der Waals surface area contributed by atoms with Crippen LogP contribution < -0.4 is 10.1 Å². The third-order valence-electron chi connectivity index (χ3n) is 3.61. The molecule has 5 heteroatoms. The second kappa shape index (κ2) is 9.13. The summed E-state index contributed by atoms with van der Waals surface area (Å²) in [7, 11) is 0. The van der Waals surface area contributed by atoms with Crippen molar-refractivity contribution in [3.63, 3.8) is 0 Å². The summed E-state index contributed by atoms with van der Waals surface area (Å²) in [6.07, 6.45) is 6.49. The number of nitrogens with zero attached hydrogens (tertiary/aromatic N) is 2. The van der Waals surface area contributed by atoms with Crippen molar-refractivity contribution in [1.29, 1.82) is 0 Å². The Bertz CT molecular complexity index is 865. The first-order chi connectivity index (χ1) is 12.8. The van der Waals surface area contributed by atoms with Gasteiger partial charge in [-0.05, 0) is 29.8 Å². The van der Waals surface area contributed by atoms with Crippen LogP contribution in [0.4, 0.5) is 0 Å². The molecule has 0 saturated heterocycles. The van der Waals surface area contributed by atoms with E-state index in [1.54, 1.807) is 18.5 Å². The van der Waals surface area contributed by atoms with Crippen LogP contribution in [0.25, 0.3) is 6.08 Å². The van der Waals surface area contributed by atoms with Crippen LogP contribution >= 0.6 is 0 Å². The first-order valence-corrected chi connectivity index (χ1v) is 8.29. The lowest BCUT2D eigenvalue weighted by atomic mass is 10.2. The minimum atomic E-state index is -0.200. The maximum absolute atomic E-state index is 12.0. The summed E-state index contributed by atoms with van der Waals surface area (Å²) in [5, 5.41) is 2.83. The van der Waals surface area contributed by atoms with Crippen LogP contribution in [-0.2, 0) is 17.9 Å². The Hall–Kier alpha value is -3.47. The molecule has 0 bridgehead atoms. The molecule has 130 valence electrons. The van der Waals surface area contributed by atoms with E-state index in [1.807, 2.05) is 60.7 Å². The van der Waals surface area contributed by atoms with Crippen LogP contribution in [0, 0.1) is 0 Å². The number of amides is 1.